The molecule has 300 valence electrons. The first-order chi connectivity index (χ1) is 27.5. The van der Waals surface area contributed by atoms with Gasteiger partial charge in [0.05, 0.1) is 35.5 Å². The van der Waals surface area contributed by atoms with Crippen LogP contribution in [-0.2, 0) is 16.5 Å². The third-order valence-electron chi connectivity index (χ3n) is 11.4. The number of rotatable bonds is 13. The third kappa shape index (κ3) is 7.73. The van der Waals surface area contributed by atoms with E-state index in [9.17, 15) is 14.3 Å². The maximum Gasteiger partial charge on any atom is 0.255 e. The van der Waals surface area contributed by atoms with E-state index in [0.29, 0.717) is 58.6 Å². The van der Waals surface area contributed by atoms with Crippen molar-refractivity contribution in [3.63, 3.8) is 0 Å². The number of hydrogen-bond donors (Lipinski definition) is 2. The molecule has 7 rings (SSSR count). The van der Waals surface area contributed by atoms with Gasteiger partial charge < -0.3 is 19.4 Å². The van der Waals surface area contributed by atoms with Gasteiger partial charge in [-0.2, -0.15) is 5.10 Å². The van der Waals surface area contributed by atoms with Crippen molar-refractivity contribution in [3.8, 4) is 11.4 Å². The van der Waals surface area contributed by atoms with Crippen LogP contribution in [0, 0.1) is 5.82 Å². The fourth-order valence-electron chi connectivity index (χ4n) is 7.29. The molecule has 1 atom stereocenters. The van der Waals surface area contributed by atoms with Gasteiger partial charge in [0.2, 0.25) is 0 Å². The number of aromatic nitrogens is 5. The number of amides is 1. The summed E-state index contributed by atoms with van der Waals surface area (Å²) >= 11 is 0. The van der Waals surface area contributed by atoms with Gasteiger partial charge in [0, 0.05) is 18.1 Å². The van der Waals surface area contributed by atoms with Crippen molar-refractivity contribution in [1.29, 1.82) is 0 Å². The summed E-state index contributed by atoms with van der Waals surface area (Å²) in [6, 6.07) is 35.2. The minimum atomic E-state index is -2.13. The van der Waals surface area contributed by atoms with Crippen LogP contribution < -0.4 is 5.32 Å². The van der Waals surface area contributed by atoms with E-state index in [1.807, 2.05) is 74.6 Å². The summed E-state index contributed by atoms with van der Waals surface area (Å²) in [4.78, 5) is 25.2. The molecule has 7 aromatic rings. The van der Waals surface area contributed by atoms with E-state index in [2.05, 4.69) is 80.1 Å². The number of halogens is 1. The number of carbonyl (C=O) groups excluding carboxylic acids is 1. The van der Waals surface area contributed by atoms with Gasteiger partial charge in [-0.15, -0.1) is 0 Å². The van der Waals surface area contributed by atoms with Crippen LogP contribution in [0.5, 0.6) is 0 Å². The zero-order valence-corrected chi connectivity index (χ0v) is 35.6. The molecule has 2 N–H and O–H groups in total. The zero-order valence-electron chi connectivity index (χ0n) is 34.6. The Balaban J connectivity index is 1.47. The summed E-state index contributed by atoms with van der Waals surface area (Å²) in [6.07, 6.45) is 3.41. The van der Waals surface area contributed by atoms with Gasteiger partial charge in [0.1, 0.15) is 28.3 Å². The Labute approximate surface area is 341 Å². The van der Waals surface area contributed by atoms with Crippen molar-refractivity contribution in [2.45, 2.75) is 89.8 Å². The molecule has 9 nitrogen and oxygen atoms in total. The fraction of sp³-hybridized carbons (Fsp3) is 0.319. The Morgan fingerprint density at radius 3 is 1.98 bits per heavy atom. The highest BCUT2D eigenvalue weighted by molar-refractivity contribution is 6.74. The van der Waals surface area contributed by atoms with Gasteiger partial charge in [-0.3, -0.25) is 9.48 Å². The number of aliphatic hydroxyl groups excluding tert-OH is 1. The van der Waals surface area contributed by atoms with Crippen molar-refractivity contribution >= 4 is 36.3 Å². The number of fused-ring (bicyclic) bond motifs is 2. The smallest absolute Gasteiger partial charge is 0.255 e. The quantitative estimate of drug-likeness (QED) is 0.0890. The Bertz CT molecular complexity index is 2450. The third-order valence-corrected chi connectivity index (χ3v) is 15.9. The molecule has 1 unspecified atom stereocenters. The first kappa shape index (κ1) is 40.7. The second kappa shape index (κ2) is 15.7. The van der Waals surface area contributed by atoms with E-state index in [1.54, 1.807) is 23.9 Å². The fourth-order valence-corrected chi connectivity index (χ4v) is 8.44. The molecule has 0 radical (unpaired) electrons. The molecule has 11 heteroatoms. The van der Waals surface area contributed by atoms with Gasteiger partial charge >= 0.3 is 0 Å². The van der Waals surface area contributed by atoms with Crippen LogP contribution in [0.4, 0.5) is 4.39 Å². The molecule has 0 fully saturated rings. The minimum Gasteiger partial charge on any atom is -0.414 e. The van der Waals surface area contributed by atoms with E-state index in [0.717, 1.165) is 16.7 Å². The summed E-state index contributed by atoms with van der Waals surface area (Å²) in [6.45, 7) is 17.4. The lowest BCUT2D eigenvalue weighted by molar-refractivity contribution is 0.0875. The maximum atomic E-state index is 14.9. The molecule has 0 aliphatic rings. The topological polar surface area (TPSA) is 107 Å². The number of carbonyl (C=O) groups is 1. The highest BCUT2D eigenvalue weighted by atomic mass is 28.4. The summed E-state index contributed by atoms with van der Waals surface area (Å²) in [5.74, 6) is -0.717. The van der Waals surface area contributed by atoms with Crippen LogP contribution in [0.1, 0.15) is 75.0 Å². The van der Waals surface area contributed by atoms with Crippen molar-refractivity contribution in [3.05, 3.63) is 150 Å². The van der Waals surface area contributed by atoms with Crippen molar-refractivity contribution in [2.75, 3.05) is 6.61 Å². The van der Waals surface area contributed by atoms with Crippen LogP contribution in [0.15, 0.2) is 122 Å². The first-order valence-corrected chi connectivity index (χ1v) is 22.8. The average molecular weight is 797 g/mol. The molecule has 4 aromatic carbocycles. The van der Waals surface area contributed by atoms with E-state index >= 15 is 0 Å². The SMILES string of the molecule is CC(O)CCn1nc(-c2cnc3c(n2)c(C(=O)NC(C)(C)CO[Si](C)(C)C(C)(C)C)cn3C(c2ccccc2)(c2ccccc2)c2ccccc2)c2ccc(F)cc21. The first-order valence-electron chi connectivity index (χ1n) is 19.9. The molecule has 0 spiro atoms. The number of nitrogens with zero attached hydrogens (tertiary/aromatic N) is 5. The van der Waals surface area contributed by atoms with Crippen LogP contribution in [-0.4, -0.2) is 61.9 Å². The van der Waals surface area contributed by atoms with Gasteiger partial charge in [-0.25, -0.2) is 14.4 Å². The molecule has 0 aliphatic carbocycles. The van der Waals surface area contributed by atoms with E-state index in [-0.39, 0.29) is 10.9 Å². The zero-order chi connectivity index (χ0) is 41.5. The van der Waals surface area contributed by atoms with Gasteiger partial charge in [0.15, 0.2) is 14.0 Å². The lowest BCUT2D eigenvalue weighted by atomic mass is 9.76. The normalized spacial score (nSPS) is 13.3. The second-order valence-corrected chi connectivity index (χ2v) is 22.2. The Kier molecular flexibility index (Phi) is 11.0. The summed E-state index contributed by atoms with van der Waals surface area (Å²) in [5, 5.41) is 19.0. The second-order valence-electron chi connectivity index (χ2n) is 17.4. The molecule has 3 heterocycles. The van der Waals surface area contributed by atoms with Crippen molar-refractivity contribution < 1.29 is 18.7 Å². The monoisotopic (exact) mass is 796 g/mol. The molecule has 0 saturated carbocycles. The molecule has 3 aromatic heterocycles. The highest BCUT2D eigenvalue weighted by Crippen LogP contribution is 2.44. The number of benzene rings is 4. The molecule has 0 aliphatic heterocycles. The predicted molar refractivity (Wildman–Crippen MR) is 232 cm³/mol. The van der Waals surface area contributed by atoms with E-state index < -0.39 is 31.3 Å². The molecule has 1 amide bonds. The number of aryl methyl sites for hydroxylation is 1. The molecular formula is C47H53FN6O3Si. The largest absolute Gasteiger partial charge is 0.414 e. The molecule has 58 heavy (non-hydrogen) atoms. The van der Waals surface area contributed by atoms with Crippen LogP contribution in [0.25, 0.3) is 33.5 Å². The average Bonchev–Trinajstić information content (AvgIpc) is 3.76. The Morgan fingerprint density at radius 2 is 1.45 bits per heavy atom. The summed E-state index contributed by atoms with van der Waals surface area (Å²) in [7, 11) is -2.13. The van der Waals surface area contributed by atoms with Crippen molar-refractivity contribution in [2.24, 2.45) is 0 Å². The number of aliphatic hydroxyl groups is 1. The van der Waals surface area contributed by atoms with Gasteiger partial charge in [0.25, 0.3) is 5.91 Å². The Morgan fingerprint density at radius 1 is 0.879 bits per heavy atom. The molecule has 0 saturated heterocycles. The van der Waals surface area contributed by atoms with Crippen LogP contribution in [0.2, 0.25) is 18.1 Å². The number of hydrogen-bond acceptors (Lipinski definition) is 6. The Hall–Kier alpha value is -5.49. The molecule has 0 bridgehead atoms. The van der Waals surface area contributed by atoms with E-state index in [4.69, 9.17) is 19.5 Å². The number of nitrogens with one attached hydrogen (secondary N) is 1. The summed E-state index contributed by atoms with van der Waals surface area (Å²) in [5.41, 5.74) is 3.90. The van der Waals surface area contributed by atoms with Crippen molar-refractivity contribution in [1.82, 2.24) is 29.6 Å². The van der Waals surface area contributed by atoms with Gasteiger partial charge in [-0.1, -0.05) is 112 Å². The predicted octanol–water partition coefficient (Wildman–Crippen LogP) is 9.73. The molecular weight excluding hydrogens is 744 g/mol. The van der Waals surface area contributed by atoms with Crippen LogP contribution in [0.3, 0.4) is 0 Å². The minimum absolute atomic E-state index is 0.00140. The lowest BCUT2D eigenvalue weighted by Gasteiger charge is -2.39. The van der Waals surface area contributed by atoms with Crippen LogP contribution >= 0.6 is 0 Å². The summed E-state index contributed by atoms with van der Waals surface area (Å²) < 4.78 is 25.0. The van der Waals surface area contributed by atoms with E-state index in [1.165, 1.54) is 12.1 Å². The highest BCUT2D eigenvalue weighted by Gasteiger charge is 2.42. The lowest BCUT2D eigenvalue weighted by Crippen LogP contribution is -2.51. The standard InChI is InChI=1S/C47H53FN6O3Si/c1-32(55)26-27-54-40-28-36(48)24-25-37(40)41(52-54)39-29-49-43-42(50-39)38(44(56)51-46(5,6)31-57-58(7,8)45(2,3)4)30-53(43)47(33-18-12-9-13-19-33,34-20-14-10-15-21-34)35-22-16-11-17-23-35/h9-25,28-30,32,55H,26-27,31H2,1-8H3,(H,51,56). The van der Waals surface area contributed by atoms with Gasteiger partial charge in [-0.05, 0) is 80.2 Å². The maximum absolute atomic E-state index is 14.9.